The highest BCUT2D eigenvalue weighted by molar-refractivity contribution is 5.91. The van der Waals surface area contributed by atoms with Gasteiger partial charge in [0.2, 0.25) is 5.91 Å². The van der Waals surface area contributed by atoms with Crippen molar-refractivity contribution in [3.63, 3.8) is 0 Å². The number of carbonyl (C=O) groups is 1. The Morgan fingerprint density at radius 1 is 1.24 bits per heavy atom. The summed E-state index contributed by atoms with van der Waals surface area (Å²) >= 11 is 0. The molecule has 17 heavy (non-hydrogen) atoms. The molecule has 0 atom stereocenters. The standard InChI is InChI=1S/C15H21NO/c1-5-16-14(17)11-8-12-6-9-13(10-7-12)15(2,3)4/h6-11H,5H2,1-4H3,(H,16,17). The molecular weight excluding hydrogens is 210 g/mol. The normalized spacial score (nSPS) is 11.8. The minimum Gasteiger partial charge on any atom is -0.353 e. The average molecular weight is 231 g/mol. The maximum Gasteiger partial charge on any atom is 0.243 e. The Morgan fingerprint density at radius 2 is 1.82 bits per heavy atom. The Labute approximate surface area is 104 Å². The van der Waals surface area contributed by atoms with E-state index in [0.717, 1.165) is 5.56 Å². The van der Waals surface area contributed by atoms with Crippen LogP contribution in [0.2, 0.25) is 0 Å². The van der Waals surface area contributed by atoms with Gasteiger partial charge >= 0.3 is 0 Å². The lowest BCUT2D eigenvalue weighted by Gasteiger charge is -2.18. The van der Waals surface area contributed by atoms with Crippen LogP contribution in [0.3, 0.4) is 0 Å². The first-order chi connectivity index (χ1) is 7.93. The van der Waals surface area contributed by atoms with Crippen LogP contribution in [0.1, 0.15) is 38.8 Å². The second-order valence-electron chi connectivity index (χ2n) is 5.10. The number of nitrogens with one attached hydrogen (secondary N) is 1. The summed E-state index contributed by atoms with van der Waals surface area (Å²) in [7, 11) is 0. The molecule has 0 fully saturated rings. The molecule has 0 aliphatic heterocycles. The summed E-state index contributed by atoms with van der Waals surface area (Å²) < 4.78 is 0. The summed E-state index contributed by atoms with van der Waals surface area (Å²) in [6.45, 7) is 9.13. The number of rotatable bonds is 3. The Hall–Kier alpha value is -1.57. The van der Waals surface area contributed by atoms with Gasteiger partial charge in [-0.3, -0.25) is 4.79 Å². The lowest BCUT2D eigenvalue weighted by atomic mass is 9.87. The largest absolute Gasteiger partial charge is 0.353 e. The highest BCUT2D eigenvalue weighted by atomic mass is 16.1. The van der Waals surface area contributed by atoms with Crippen LogP contribution in [-0.4, -0.2) is 12.5 Å². The van der Waals surface area contributed by atoms with Gasteiger partial charge in [0.1, 0.15) is 0 Å². The molecule has 0 radical (unpaired) electrons. The Kier molecular flexibility index (Phi) is 4.50. The summed E-state index contributed by atoms with van der Waals surface area (Å²) in [6, 6.07) is 8.29. The molecule has 1 aromatic rings. The van der Waals surface area contributed by atoms with Gasteiger partial charge in [-0.2, -0.15) is 0 Å². The Morgan fingerprint density at radius 3 is 2.29 bits per heavy atom. The van der Waals surface area contributed by atoms with Gasteiger partial charge in [0.05, 0.1) is 0 Å². The minimum absolute atomic E-state index is 0.0487. The molecule has 2 heteroatoms. The predicted molar refractivity (Wildman–Crippen MR) is 72.9 cm³/mol. The zero-order valence-electron chi connectivity index (χ0n) is 11.1. The number of benzene rings is 1. The van der Waals surface area contributed by atoms with Gasteiger partial charge in [-0.25, -0.2) is 0 Å². The quantitative estimate of drug-likeness (QED) is 0.796. The molecule has 0 aromatic heterocycles. The van der Waals surface area contributed by atoms with E-state index in [0.29, 0.717) is 6.54 Å². The van der Waals surface area contributed by atoms with Crippen molar-refractivity contribution in [1.82, 2.24) is 5.32 Å². The zero-order chi connectivity index (χ0) is 12.9. The van der Waals surface area contributed by atoms with E-state index >= 15 is 0 Å². The fourth-order valence-corrected chi connectivity index (χ4v) is 1.50. The van der Waals surface area contributed by atoms with Gasteiger partial charge in [-0.05, 0) is 29.5 Å². The molecule has 1 aromatic carbocycles. The van der Waals surface area contributed by atoms with Crippen LogP contribution < -0.4 is 5.32 Å². The number of carbonyl (C=O) groups excluding carboxylic acids is 1. The van der Waals surface area contributed by atoms with E-state index in [2.05, 4.69) is 38.2 Å². The maximum absolute atomic E-state index is 11.2. The van der Waals surface area contributed by atoms with Crippen molar-refractivity contribution in [3.8, 4) is 0 Å². The van der Waals surface area contributed by atoms with Gasteiger partial charge in [-0.15, -0.1) is 0 Å². The molecular formula is C15H21NO. The third-order valence-electron chi connectivity index (χ3n) is 2.55. The van der Waals surface area contributed by atoms with Gasteiger partial charge < -0.3 is 5.32 Å². The minimum atomic E-state index is -0.0487. The molecule has 92 valence electrons. The van der Waals surface area contributed by atoms with Crippen molar-refractivity contribution in [1.29, 1.82) is 0 Å². The maximum atomic E-state index is 11.2. The molecule has 0 spiro atoms. The molecule has 0 bridgehead atoms. The molecule has 2 nitrogen and oxygen atoms in total. The summed E-state index contributed by atoms with van der Waals surface area (Å²) in [5.74, 6) is -0.0487. The fraction of sp³-hybridized carbons (Fsp3) is 0.400. The van der Waals surface area contributed by atoms with Crippen LogP contribution in [0, 0.1) is 0 Å². The monoisotopic (exact) mass is 231 g/mol. The number of amides is 1. The van der Waals surface area contributed by atoms with Crippen LogP contribution in [-0.2, 0) is 10.2 Å². The zero-order valence-corrected chi connectivity index (χ0v) is 11.1. The molecule has 0 heterocycles. The molecule has 1 amide bonds. The third-order valence-corrected chi connectivity index (χ3v) is 2.55. The number of likely N-dealkylation sites (N-methyl/N-ethyl adjacent to an activating group) is 1. The first kappa shape index (κ1) is 13.5. The summed E-state index contributed by atoms with van der Waals surface area (Å²) in [4.78, 5) is 11.2. The van der Waals surface area contributed by atoms with E-state index in [4.69, 9.17) is 0 Å². The van der Waals surface area contributed by atoms with Crippen LogP contribution in [0.5, 0.6) is 0 Å². The van der Waals surface area contributed by atoms with Crippen molar-refractivity contribution in [2.45, 2.75) is 33.1 Å². The van der Waals surface area contributed by atoms with E-state index in [1.807, 2.05) is 25.1 Å². The van der Waals surface area contributed by atoms with E-state index < -0.39 is 0 Å². The van der Waals surface area contributed by atoms with Gasteiger partial charge in [-0.1, -0.05) is 45.0 Å². The Balaban J connectivity index is 2.72. The topological polar surface area (TPSA) is 29.1 Å². The molecule has 0 saturated carbocycles. The van der Waals surface area contributed by atoms with Crippen molar-refractivity contribution in [2.75, 3.05) is 6.54 Å². The van der Waals surface area contributed by atoms with Crippen molar-refractivity contribution in [2.24, 2.45) is 0 Å². The summed E-state index contributed by atoms with van der Waals surface area (Å²) in [6.07, 6.45) is 3.40. The number of hydrogen-bond acceptors (Lipinski definition) is 1. The average Bonchev–Trinajstić information content (AvgIpc) is 2.26. The first-order valence-corrected chi connectivity index (χ1v) is 6.00. The highest BCUT2D eigenvalue weighted by Crippen LogP contribution is 2.22. The highest BCUT2D eigenvalue weighted by Gasteiger charge is 2.12. The van der Waals surface area contributed by atoms with Crippen molar-refractivity contribution >= 4 is 12.0 Å². The molecule has 0 unspecified atom stereocenters. The van der Waals surface area contributed by atoms with Gasteiger partial charge in [0, 0.05) is 12.6 Å². The Bertz CT molecular complexity index is 396. The summed E-state index contributed by atoms with van der Waals surface area (Å²) in [5, 5.41) is 2.73. The smallest absolute Gasteiger partial charge is 0.243 e. The van der Waals surface area contributed by atoms with Gasteiger partial charge in [0.25, 0.3) is 0 Å². The van der Waals surface area contributed by atoms with Crippen molar-refractivity contribution in [3.05, 3.63) is 41.5 Å². The molecule has 0 aliphatic carbocycles. The van der Waals surface area contributed by atoms with Gasteiger partial charge in [0.15, 0.2) is 0 Å². The first-order valence-electron chi connectivity index (χ1n) is 6.00. The van der Waals surface area contributed by atoms with Crippen LogP contribution >= 0.6 is 0 Å². The van der Waals surface area contributed by atoms with Crippen LogP contribution in [0.25, 0.3) is 6.08 Å². The van der Waals surface area contributed by atoms with E-state index in [1.165, 1.54) is 5.56 Å². The van der Waals surface area contributed by atoms with Crippen LogP contribution in [0.15, 0.2) is 30.3 Å². The summed E-state index contributed by atoms with van der Waals surface area (Å²) in [5.41, 5.74) is 2.51. The molecule has 0 aliphatic rings. The van der Waals surface area contributed by atoms with Crippen LogP contribution in [0.4, 0.5) is 0 Å². The lowest BCUT2D eigenvalue weighted by molar-refractivity contribution is -0.116. The SMILES string of the molecule is CCNC(=O)C=Cc1ccc(C(C)(C)C)cc1. The molecule has 1 rings (SSSR count). The van der Waals surface area contributed by atoms with E-state index in [-0.39, 0.29) is 11.3 Å². The lowest BCUT2D eigenvalue weighted by Crippen LogP contribution is -2.19. The fourth-order valence-electron chi connectivity index (χ4n) is 1.50. The second-order valence-corrected chi connectivity index (χ2v) is 5.10. The predicted octanol–water partition coefficient (Wildman–Crippen LogP) is 3.13. The van der Waals surface area contributed by atoms with E-state index in [1.54, 1.807) is 6.08 Å². The number of hydrogen-bond donors (Lipinski definition) is 1. The van der Waals surface area contributed by atoms with Crippen molar-refractivity contribution < 1.29 is 4.79 Å². The third kappa shape index (κ3) is 4.43. The van der Waals surface area contributed by atoms with E-state index in [9.17, 15) is 4.79 Å². The molecule has 1 N–H and O–H groups in total. The molecule has 0 saturated heterocycles. The second kappa shape index (κ2) is 5.67.